The van der Waals surface area contributed by atoms with Crippen molar-refractivity contribution in [1.29, 1.82) is 0 Å². The molecule has 0 spiro atoms. The second-order valence-corrected chi connectivity index (χ2v) is 5.52. The number of rotatable bonds is 2. The molecule has 1 fully saturated rings. The molecule has 0 atom stereocenters. The molecule has 4 nitrogen and oxygen atoms in total. The van der Waals surface area contributed by atoms with E-state index in [-0.39, 0.29) is 5.82 Å². The third-order valence-electron chi connectivity index (χ3n) is 3.21. The Morgan fingerprint density at radius 3 is 2.68 bits per heavy atom. The van der Waals surface area contributed by atoms with Crippen LogP contribution >= 0.6 is 15.9 Å². The lowest BCUT2D eigenvalue weighted by molar-refractivity contribution is 0.442. The highest BCUT2D eigenvalue weighted by molar-refractivity contribution is 9.10. The molecule has 104 valence electrons. The maximum Gasteiger partial charge on any atom is 0.210 e. The minimum atomic E-state index is -0.288. The molecule has 1 saturated carbocycles. The summed E-state index contributed by atoms with van der Waals surface area (Å²) in [6.45, 7) is 0. The highest BCUT2D eigenvalue weighted by atomic mass is 79.9. The van der Waals surface area contributed by atoms with E-state index in [0.717, 1.165) is 18.5 Å². The fraction of sp³-hybridized carbons (Fsp3) is 0.462. The maximum atomic E-state index is 13.0. The van der Waals surface area contributed by atoms with Crippen LogP contribution < -0.4 is 16.6 Å². The van der Waals surface area contributed by atoms with Gasteiger partial charge in [0.05, 0.1) is 11.7 Å². The quantitative estimate of drug-likeness (QED) is 0.338. The average Bonchev–Trinajstić information content (AvgIpc) is 2.42. The van der Waals surface area contributed by atoms with Crippen LogP contribution in [0, 0.1) is 5.82 Å². The highest BCUT2D eigenvalue weighted by Gasteiger charge is 2.13. The molecular formula is C13H18BrFN4. The number of aliphatic imine (C=N–C) groups is 1. The van der Waals surface area contributed by atoms with Gasteiger partial charge < -0.3 is 5.32 Å². The molecule has 6 heteroatoms. The zero-order valence-electron chi connectivity index (χ0n) is 10.6. The van der Waals surface area contributed by atoms with Gasteiger partial charge in [-0.25, -0.2) is 15.2 Å². The van der Waals surface area contributed by atoms with Crippen molar-refractivity contribution in [2.24, 2.45) is 10.8 Å². The van der Waals surface area contributed by atoms with Crippen LogP contribution in [-0.4, -0.2) is 12.0 Å². The summed E-state index contributed by atoms with van der Waals surface area (Å²) in [5.74, 6) is 5.71. The molecule has 1 aromatic carbocycles. The average molecular weight is 329 g/mol. The molecule has 0 unspecified atom stereocenters. The minimum Gasteiger partial charge on any atom is -0.324 e. The van der Waals surface area contributed by atoms with Gasteiger partial charge in [0.15, 0.2) is 0 Å². The first-order valence-corrected chi connectivity index (χ1v) is 7.25. The molecule has 1 aliphatic carbocycles. The van der Waals surface area contributed by atoms with E-state index >= 15 is 0 Å². The van der Waals surface area contributed by atoms with Crippen molar-refractivity contribution in [2.45, 2.75) is 38.1 Å². The van der Waals surface area contributed by atoms with Crippen molar-refractivity contribution in [2.75, 3.05) is 5.32 Å². The molecule has 0 bridgehead atoms. The number of nitrogens with two attached hydrogens (primary N) is 1. The number of hydrazine groups is 1. The Kier molecular flexibility index (Phi) is 5.15. The van der Waals surface area contributed by atoms with Crippen LogP contribution in [0.3, 0.4) is 0 Å². The highest BCUT2D eigenvalue weighted by Crippen LogP contribution is 2.24. The van der Waals surface area contributed by atoms with Crippen molar-refractivity contribution in [3.63, 3.8) is 0 Å². The first-order valence-electron chi connectivity index (χ1n) is 6.45. The number of anilines is 1. The molecule has 0 amide bonds. The lowest BCUT2D eigenvalue weighted by Crippen LogP contribution is -2.37. The van der Waals surface area contributed by atoms with Crippen LogP contribution in [0.2, 0.25) is 0 Å². The van der Waals surface area contributed by atoms with Gasteiger partial charge in [-0.05, 0) is 47.0 Å². The largest absolute Gasteiger partial charge is 0.324 e. The number of nitrogens with one attached hydrogen (secondary N) is 2. The molecule has 1 aromatic rings. The predicted octanol–water partition coefficient (Wildman–Crippen LogP) is 3.15. The molecule has 1 aliphatic rings. The summed E-state index contributed by atoms with van der Waals surface area (Å²) >= 11 is 3.30. The fourth-order valence-corrected chi connectivity index (χ4v) is 2.67. The number of halogens is 2. The molecular weight excluding hydrogens is 311 g/mol. The molecule has 0 saturated heterocycles. The van der Waals surface area contributed by atoms with Crippen molar-refractivity contribution in [3.05, 3.63) is 28.5 Å². The Bertz CT molecular complexity index is 458. The van der Waals surface area contributed by atoms with Crippen LogP contribution in [0.4, 0.5) is 10.1 Å². The maximum absolute atomic E-state index is 13.0. The van der Waals surface area contributed by atoms with Gasteiger partial charge in [0.1, 0.15) is 5.82 Å². The molecule has 0 aromatic heterocycles. The summed E-state index contributed by atoms with van der Waals surface area (Å²) in [4.78, 5) is 4.57. The van der Waals surface area contributed by atoms with Gasteiger partial charge in [-0.1, -0.05) is 19.3 Å². The third kappa shape index (κ3) is 4.18. The number of hydrogen-bond acceptors (Lipinski definition) is 2. The lowest BCUT2D eigenvalue weighted by atomic mass is 9.96. The Labute approximate surface area is 120 Å². The van der Waals surface area contributed by atoms with E-state index in [1.54, 1.807) is 6.07 Å². The van der Waals surface area contributed by atoms with Crippen LogP contribution in [0.25, 0.3) is 0 Å². The SMILES string of the molecule is NNC(=NC1CCCCC1)Nc1ccc(F)cc1Br. The summed E-state index contributed by atoms with van der Waals surface area (Å²) in [7, 11) is 0. The monoisotopic (exact) mass is 328 g/mol. The van der Waals surface area contributed by atoms with Crippen LogP contribution in [0.5, 0.6) is 0 Å². The topological polar surface area (TPSA) is 62.4 Å². The van der Waals surface area contributed by atoms with Gasteiger partial charge in [0.25, 0.3) is 0 Å². The summed E-state index contributed by atoms with van der Waals surface area (Å²) in [6, 6.07) is 4.75. The van der Waals surface area contributed by atoms with Crippen molar-refractivity contribution >= 4 is 27.6 Å². The van der Waals surface area contributed by atoms with E-state index in [0.29, 0.717) is 16.5 Å². The summed E-state index contributed by atoms with van der Waals surface area (Å²) in [5, 5.41) is 3.07. The van der Waals surface area contributed by atoms with Gasteiger partial charge in [-0.2, -0.15) is 0 Å². The zero-order chi connectivity index (χ0) is 13.7. The number of nitrogens with zero attached hydrogens (tertiary/aromatic N) is 1. The van der Waals surface area contributed by atoms with Gasteiger partial charge in [0.2, 0.25) is 5.96 Å². The smallest absolute Gasteiger partial charge is 0.210 e. The Balaban J connectivity index is 2.07. The molecule has 4 N–H and O–H groups in total. The number of guanidine groups is 1. The van der Waals surface area contributed by atoms with Crippen LogP contribution in [-0.2, 0) is 0 Å². The van der Waals surface area contributed by atoms with Crippen molar-refractivity contribution in [3.8, 4) is 0 Å². The summed E-state index contributed by atoms with van der Waals surface area (Å²) in [6.07, 6.45) is 5.90. The first-order chi connectivity index (χ1) is 9.19. The van der Waals surface area contributed by atoms with Gasteiger partial charge >= 0.3 is 0 Å². The number of benzene rings is 1. The van der Waals surface area contributed by atoms with E-state index in [9.17, 15) is 4.39 Å². The molecule has 0 aliphatic heterocycles. The van der Waals surface area contributed by atoms with E-state index in [2.05, 4.69) is 31.7 Å². The molecule has 0 heterocycles. The van der Waals surface area contributed by atoms with Crippen LogP contribution in [0.1, 0.15) is 32.1 Å². The fourth-order valence-electron chi connectivity index (χ4n) is 2.22. The van der Waals surface area contributed by atoms with E-state index in [4.69, 9.17) is 5.84 Å². The standard InChI is InChI=1S/C13H18BrFN4/c14-11-8-9(15)6-7-12(11)18-13(19-16)17-10-4-2-1-3-5-10/h6-8,10H,1-5,16H2,(H2,17,18,19). The third-order valence-corrected chi connectivity index (χ3v) is 3.86. The van der Waals surface area contributed by atoms with E-state index in [1.807, 2.05) is 0 Å². The lowest BCUT2D eigenvalue weighted by Gasteiger charge is -2.19. The minimum absolute atomic E-state index is 0.288. The Morgan fingerprint density at radius 1 is 1.32 bits per heavy atom. The van der Waals surface area contributed by atoms with Gasteiger partial charge in [0, 0.05) is 4.47 Å². The predicted molar refractivity (Wildman–Crippen MR) is 79.4 cm³/mol. The van der Waals surface area contributed by atoms with Crippen LogP contribution in [0.15, 0.2) is 27.7 Å². The molecule has 2 rings (SSSR count). The Hall–Kier alpha value is -1.14. The van der Waals surface area contributed by atoms with Crippen molar-refractivity contribution < 1.29 is 4.39 Å². The van der Waals surface area contributed by atoms with E-state index < -0.39 is 0 Å². The number of hydrogen-bond donors (Lipinski definition) is 3. The normalized spacial score (nSPS) is 17.3. The van der Waals surface area contributed by atoms with Gasteiger partial charge in [-0.15, -0.1) is 0 Å². The van der Waals surface area contributed by atoms with Gasteiger partial charge in [-0.3, -0.25) is 5.43 Å². The summed E-state index contributed by atoms with van der Waals surface area (Å²) < 4.78 is 13.6. The Morgan fingerprint density at radius 2 is 2.05 bits per heavy atom. The zero-order valence-corrected chi connectivity index (χ0v) is 12.2. The molecule has 19 heavy (non-hydrogen) atoms. The second kappa shape index (κ2) is 6.86. The first kappa shape index (κ1) is 14.3. The van der Waals surface area contributed by atoms with E-state index in [1.165, 1.54) is 31.4 Å². The summed E-state index contributed by atoms with van der Waals surface area (Å²) in [5.41, 5.74) is 3.29. The molecule has 0 radical (unpaired) electrons. The second-order valence-electron chi connectivity index (χ2n) is 4.66. The van der Waals surface area contributed by atoms with Crippen molar-refractivity contribution in [1.82, 2.24) is 5.43 Å².